The third-order valence-corrected chi connectivity index (χ3v) is 18.1. The molecule has 9 aliphatic rings. The molecule has 9 fully saturated rings. The van der Waals surface area contributed by atoms with E-state index in [1.165, 1.54) is 0 Å². The van der Waals surface area contributed by atoms with Gasteiger partial charge in [0.05, 0.1) is 24.1 Å². The first-order chi connectivity index (χ1) is 25.4. The van der Waals surface area contributed by atoms with E-state index in [1.807, 2.05) is 6.92 Å². The molecule has 12 nitrogen and oxygen atoms in total. The summed E-state index contributed by atoms with van der Waals surface area (Å²) < 4.78 is 51.3. The molecule has 4 N–H and O–H groups in total. The third kappa shape index (κ3) is 6.44. The van der Waals surface area contributed by atoms with Crippen LogP contribution < -0.4 is 5.32 Å². The zero-order chi connectivity index (χ0) is 38.6. The molecule has 13 heteroatoms. The smallest absolute Gasteiger partial charge is 0.266 e. The molecule has 0 aromatic rings. The van der Waals surface area contributed by atoms with Crippen LogP contribution in [0.2, 0.25) is 0 Å². The Morgan fingerprint density at radius 3 is 2.33 bits per heavy atom. The first kappa shape index (κ1) is 39.9. The van der Waals surface area contributed by atoms with E-state index in [9.17, 15) is 23.4 Å². The lowest BCUT2D eigenvalue weighted by Crippen LogP contribution is -2.70. The number of aliphatic hydroxyl groups is 2. The molecule has 1 spiro atoms. The third-order valence-electron chi connectivity index (χ3n) is 17.4. The second kappa shape index (κ2) is 14.1. The highest BCUT2D eigenvalue weighted by Gasteiger charge is 2.70. The summed E-state index contributed by atoms with van der Waals surface area (Å²) in [5.41, 5.74) is -0.724. The fraction of sp³-hybridized carbons (Fsp3) is 0.976. The first-order valence-corrected chi connectivity index (χ1v) is 22.9. The quantitative estimate of drug-likeness (QED) is 0.131. The molecule has 4 aliphatic heterocycles. The maximum atomic E-state index is 12.5. The summed E-state index contributed by atoms with van der Waals surface area (Å²) in [4.78, 5) is 24.8. The topological polar surface area (TPSA) is 170 Å². The minimum absolute atomic E-state index is 0.0132. The van der Waals surface area contributed by atoms with Crippen LogP contribution in [0.3, 0.4) is 0 Å². The summed E-state index contributed by atoms with van der Waals surface area (Å²) in [6.45, 7) is 13.4. The van der Waals surface area contributed by atoms with E-state index in [1.54, 1.807) is 0 Å². The van der Waals surface area contributed by atoms with Crippen molar-refractivity contribution in [2.45, 2.75) is 167 Å². The summed E-state index contributed by atoms with van der Waals surface area (Å²) >= 11 is 0. The van der Waals surface area contributed by atoms with Crippen LogP contribution >= 0.6 is 0 Å². The van der Waals surface area contributed by atoms with Crippen LogP contribution in [0.25, 0.3) is 0 Å². The van der Waals surface area contributed by atoms with Crippen molar-refractivity contribution < 1.29 is 52.0 Å². The number of carbonyl (C=O) groups excluding carboxylic acids is 1. The van der Waals surface area contributed by atoms with E-state index < -0.39 is 52.0 Å². The molecule has 4 saturated heterocycles. The SMILES string of the molecule is C[C@H]1C(O[C@@H]2CC[C@]3(C)C4CC[C@@]5(C)C(CC[C@@H]5[C@H](C)CCC(=O)NCCS(=O)(=O)O)C4[C@H](O)[C@H](O)C3C2)OC2OC3(C)CCC4[C@H](C)CCC1[C@@]24OO3. The molecule has 1 amide bonds. The molecule has 308 valence electrons. The fourth-order valence-corrected chi connectivity index (χ4v) is 14.9. The van der Waals surface area contributed by atoms with Crippen LogP contribution in [0, 0.1) is 70.0 Å². The molecule has 5 saturated carbocycles. The van der Waals surface area contributed by atoms with Gasteiger partial charge in [-0.05, 0) is 136 Å². The highest BCUT2D eigenvalue weighted by Crippen LogP contribution is 2.69. The van der Waals surface area contributed by atoms with Gasteiger partial charge in [0, 0.05) is 31.2 Å². The van der Waals surface area contributed by atoms with E-state index in [4.69, 9.17) is 28.5 Å². The normalized spacial score (nSPS) is 53.0. The Hall–Kier alpha value is -0.900. The van der Waals surface area contributed by atoms with Crippen molar-refractivity contribution >= 4 is 16.0 Å². The lowest BCUT2D eigenvalue weighted by molar-refractivity contribution is -0.578. The van der Waals surface area contributed by atoms with Crippen molar-refractivity contribution in [3.8, 4) is 0 Å². The Kier molecular flexibility index (Phi) is 10.4. The van der Waals surface area contributed by atoms with Crippen molar-refractivity contribution in [3.05, 3.63) is 0 Å². The average Bonchev–Trinajstić information content (AvgIpc) is 3.31. The molecule has 4 heterocycles. The standard InChI is InChI=1S/C41H67NO11S/c1-22(8-12-32(43)42-19-20-54(46,47)48)26-10-11-29-33-30(14-17-38(26,29)4)39(5)16-13-25(21-31(39)34(44)35(33)45)49-36-24(3)28-9-7-23(2)27-15-18-40(6)51-37(50-36)41(27,28)53-52-40/h22-31,33-37,44-45H,7-21H2,1-6H3,(H,42,43)(H,46,47,48)/t22-,23-,24-,25-,26-,27?,28?,29?,30?,31?,33?,34-,35+,36?,37?,38-,39-,40?,41-/m1/s1. The van der Waals surface area contributed by atoms with Crippen LogP contribution in [0.1, 0.15) is 125 Å². The van der Waals surface area contributed by atoms with Gasteiger partial charge in [0.25, 0.3) is 10.1 Å². The molecule has 2 bridgehead atoms. The van der Waals surface area contributed by atoms with Crippen LogP contribution in [-0.4, -0.2) is 83.7 Å². The van der Waals surface area contributed by atoms with Gasteiger partial charge in [0.1, 0.15) is 0 Å². The second-order valence-electron chi connectivity index (χ2n) is 20.1. The van der Waals surface area contributed by atoms with E-state index >= 15 is 0 Å². The Morgan fingerprint density at radius 2 is 1.57 bits per heavy atom. The van der Waals surface area contributed by atoms with Crippen molar-refractivity contribution in [2.75, 3.05) is 12.3 Å². The zero-order valence-corrected chi connectivity index (χ0v) is 34.1. The van der Waals surface area contributed by atoms with E-state index in [-0.39, 0.29) is 59.0 Å². The van der Waals surface area contributed by atoms with Gasteiger partial charge >= 0.3 is 0 Å². The molecule has 0 aromatic heterocycles. The van der Waals surface area contributed by atoms with Gasteiger partial charge in [-0.1, -0.05) is 34.6 Å². The number of ether oxygens (including phenoxy) is 3. The number of carbonyl (C=O) groups is 1. The summed E-state index contributed by atoms with van der Waals surface area (Å²) in [5.74, 6) is 0.801. The minimum atomic E-state index is -4.11. The van der Waals surface area contributed by atoms with E-state index in [0.29, 0.717) is 48.9 Å². The molecule has 19 atom stereocenters. The maximum Gasteiger partial charge on any atom is 0.266 e. The predicted molar refractivity (Wildman–Crippen MR) is 198 cm³/mol. The largest absolute Gasteiger partial charge is 0.390 e. The van der Waals surface area contributed by atoms with Gasteiger partial charge in [0.2, 0.25) is 11.7 Å². The molecule has 54 heavy (non-hydrogen) atoms. The minimum Gasteiger partial charge on any atom is -0.390 e. The van der Waals surface area contributed by atoms with Crippen LogP contribution in [0.5, 0.6) is 0 Å². The Morgan fingerprint density at radius 1 is 0.870 bits per heavy atom. The molecule has 0 radical (unpaired) electrons. The summed E-state index contributed by atoms with van der Waals surface area (Å²) in [6.07, 6.45) is 8.85. The Balaban J connectivity index is 0.922. The Labute approximate surface area is 322 Å². The maximum absolute atomic E-state index is 12.5. The summed E-state index contributed by atoms with van der Waals surface area (Å²) in [6, 6.07) is 0. The van der Waals surface area contributed by atoms with Gasteiger partial charge in [-0.2, -0.15) is 8.42 Å². The van der Waals surface area contributed by atoms with Crippen LogP contribution in [0.4, 0.5) is 0 Å². The molecular formula is C41H67NO11S. The highest BCUT2D eigenvalue weighted by atomic mass is 32.2. The van der Waals surface area contributed by atoms with Crippen LogP contribution in [0.15, 0.2) is 0 Å². The number of hydrogen-bond donors (Lipinski definition) is 4. The molecule has 9 rings (SSSR count). The number of rotatable bonds is 9. The predicted octanol–water partition coefficient (Wildman–Crippen LogP) is 5.60. The lowest BCUT2D eigenvalue weighted by atomic mass is 9.43. The van der Waals surface area contributed by atoms with Gasteiger partial charge in [-0.3, -0.25) is 9.35 Å². The van der Waals surface area contributed by atoms with Crippen molar-refractivity contribution in [3.63, 3.8) is 0 Å². The molecular weight excluding hydrogens is 715 g/mol. The number of amides is 1. The van der Waals surface area contributed by atoms with Crippen molar-refractivity contribution in [1.29, 1.82) is 0 Å². The van der Waals surface area contributed by atoms with Gasteiger partial charge in [-0.15, -0.1) is 0 Å². The molecule has 5 aliphatic carbocycles. The van der Waals surface area contributed by atoms with Crippen molar-refractivity contribution in [2.24, 2.45) is 70.0 Å². The zero-order valence-electron chi connectivity index (χ0n) is 33.3. The van der Waals surface area contributed by atoms with E-state index in [2.05, 4.69) is 39.9 Å². The second-order valence-corrected chi connectivity index (χ2v) is 21.6. The van der Waals surface area contributed by atoms with Gasteiger partial charge in [0.15, 0.2) is 18.2 Å². The van der Waals surface area contributed by atoms with Gasteiger partial charge < -0.3 is 29.7 Å². The number of aliphatic hydroxyl groups excluding tert-OH is 2. The number of nitrogens with one attached hydrogen (secondary N) is 1. The molecule has 9 unspecified atom stereocenters. The monoisotopic (exact) mass is 781 g/mol. The van der Waals surface area contributed by atoms with E-state index in [0.717, 1.165) is 64.2 Å². The average molecular weight is 782 g/mol. The van der Waals surface area contributed by atoms with Crippen molar-refractivity contribution in [1.82, 2.24) is 5.32 Å². The Bertz CT molecular complexity index is 1530. The number of fused-ring (bicyclic) bond motifs is 7. The lowest BCUT2D eigenvalue weighted by Gasteiger charge is -2.64. The fourth-order valence-electron chi connectivity index (χ4n) is 14.5. The summed E-state index contributed by atoms with van der Waals surface area (Å²) in [5, 5.41) is 26.7. The number of hydrogen-bond acceptors (Lipinski definition) is 10. The summed E-state index contributed by atoms with van der Waals surface area (Å²) in [7, 11) is -4.11. The first-order valence-electron chi connectivity index (χ1n) is 21.3. The molecule has 0 aromatic carbocycles. The highest BCUT2D eigenvalue weighted by molar-refractivity contribution is 7.85. The van der Waals surface area contributed by atoms with Crippen LogP contribution in [-0.2, 0) is 38.9 Å². The van der Waals surface area contributed by atoms with Gasteiger partial charge in [-0.25, -0.2) is 9.78 Å².